The predicted octanol–water partition coefficient (Wildman–Crippen LogP) is 3.40. The van der Waals surface area contributed by atoms with Crippen LogP contribution >= 0.6 is 0 Å². The SMILES string of the molecule is O=C(COc1ccccc1Cc1ccccc1)N1CCN(c2ccccn2)CC1. The van der Waals surface area contributed by atoms with Crippen molar-refractivity contribution in [2.75, 3.05) is 37.7 Å². The number of carbonyl (C=O) groups is 1. The number of hydrogen-bond donors (Lipinski definition) is 0. The van der Waals surface area contributed by atoms with Crippen LogP contribution in [0.3, 0.4) is 0 Å². The van der Waals surface area contributed by atoms with Gasteiger partial charge in [-0.3, -0.25) is 4.79 Å². The summed E-state index contributed by atoms with van der Waals surface area (Å²) in [5, 5.41) is 0. The van der Waals surface area contributed by atoms with Gasteiger partial charge in [0.1, 0.15) is 11.6 Å². The highest BCUT2D eigenvalue weighted by molar-refractivity contribution is 5.78. The van der Waals surface area contributed by atoms with Crippen molar-refractivity contribution < 1.29 is 9.53 Å². The number of hydrogen-bond acceptors (Lipinski definition) is 4. The van der Waals surface area contributed by atoms with Crippen molar-refractivity contribution in [3.8, 4) is 5.75 Å². The third-order valence-corrected chi connectivity index (χ3v) is 5.17. The number of rotatable bonds is 6. The van der Waals surface area contributed by atoms with Crippen LogP contribution < -0.4 is 9.64 Å². The van der Waals surface area contributed by atoms with E-state index in [9.17, 15) is 4.79 Å². The van der Waals surface area contributed by atoms with E-state index in [1.54, 1.807) is 6.20 Å². The molecule has 0 unspecified atom stereocenters. The minimum atomic E-state index is 0.0279. The molecule has 0 atom stereocenters. The van der Waals surface area contributed by atoms with Gasteiger partial charge in [0.25, 0.3) is 5.91 Å². The molecule has 1 saturated heterocycles. The molecular weight excluding hydrogens is 362 g/mol. The van der Waals surface area contributed by atoms with E-state index in [0.29, 0.717) is 13.1 Å². The molecule has 1 fully saturated rings. The number of para-hydroxylation sites is 1. The smallest absolute Gasteiger partial charge is 0.260 e. The molecule has 1 amide bonds. The fourth-order valence-corrected chi connectivity index (χ4v) is 3.56. The van der Waals surface area contributed by atoms with Crippen molar-refractivity contribution in [1.82, 2.24) is 9.88 Å². The van der Waals surface area contributed by atoms with E-state index in [1.165, 1.54) is 5.56 Å². The molecule has 29 heavy (non-hydrogen) atoms. The van der Waals surface area contributed by atoms with Gasteiger partial charge in [0, 0.05) is 38.8 Å². The zero-order valence-corrected chi connectivity index (χ0v) is 16.4. The lowest BCUT2D eigenvalue weighted by Gasteiger charge is -2.35. The van der Waals surface area contributed by atoms with E-state index in [0.717, 1.165) is 36.6 Å². The van der Waals surface area contributed by atoms with Gasteiger partial charge in [-0.1, -0.05) is 54.6 Å². The topological polar surface area (TPSA) is 45.7 Å². The first-order valence-electron chi connectivity index (χ1n) is 9.98. The highest BCUT2D eigenvalue weighted by atomic mass is 16.5. The molecule has 5 nitrogen and oxygen atoms in total. The first kappa shape index (κ1) is 19.0. The Morgan fingerprint density at radius 1 is 0.862 bits per heavy atom. The number of carbonyl (C=O) groups excluding carboxylic acids is 1. The average molecular weight is 387 g/mol. The van der Waals surface area contributed by atoms with Crippen molar-refractivity contribution in [2.45, 2.75) is 6.42 Å². The van der Waals surface area contributed by atoms with E-state index in [-0.39, 0.29) is 12.5 Å². The fourth-order valence-electron chi connectivity index (χ4n) is 3.56. The van der Waals surface area contributed by atoms with Crippen LogP contribution in [0.4, 0.5) is 5.82 Å². The summed E-state index contributed by atoms with van der Waals surface area (Å²) in [5.41, 5.74) is 2.31. The number of piperazine rings is 1. The molecule has 2 heterocycles. The summed E-state index contributed by atoms with van der Waals surface area (Å²) in [6, 6.07) is 24.1. The second kappa shape index (κ2) is 9.24. The number of ether oxygens (including phenoxy) is 1. The maximum atomic E-state index is 12.7. The minimum absolute atomic E-state index is 0.0279. The molecule has 0 bridgehead atoms. The fraction of sp³-hybridized carbons (Fsp3) is 0.250. The first-order chi connectivity index (χ1) is 14.3. The van der Waals surface area contributed by atoms with E-state index >= 15 is 0 Å². The largest absolute Gasteiger partial charge is 0.483 e. The molecule has 148 valence electrons. The second-order valence-electron chi connectivity index (χ2n) is 7.11. The quantitative estimate of drug-likeness (QED) is 0.650. The van der Waals surface area contributed by atoms with Crippen LogP contribution in [0.25, 0.3) is 0 Å². The normalized spacial score (nSPS) is 13.9. The van der Waals surface area contributed by atoms with Crippen molar-refractivity contribution >= 4 is 11.7 Å². The third-order valence-electron chi connectivity index (χ3n) is 5.17. The predicted molar refractivity (Wildman–Crippen MR) is 114 cm³/mol. The molecule has 0 saturated carbocycles. The molecule has 0 radical (unpaired) electrons. The molecular formula is C24H25N3O2. The van der Waals surface area contributed by atoms with E-state index in [2.05, 4.69) is 28.1 Å². The van der Waals surface area contributed by atoms with Gasteiger partial charge in [-0.2, -0.15) is 0 Å². The number of aromatic nitrogens is 1. The Balaban J connectivity index is 1.31. The summed E-state index contributed by atoms with van der Waals surface area (Å²) in [7, 11) is 0. The van der Waals surface area contributed by atoms with Crippen molar-refractivity contribution in [3.05, 3.63) is 90.1 Å². The Labute approximate surface area is 171 Å². The second-order valence-corrected chi connectivity index (χ2v) is 7.11. The molecule has 1 aliphatic heterocycles. The van der Waals surface area contributed by atoms with Gasteiger partial charge in [0.2, 0.25) is 0 Å². The van der Waals surface area contributed by atoms with Crippen molar-refractivity contribution in [1.29, 1.82) is 0 Å². The Kier molecular flexibility index (Phi) is 6.05. The number of benzene rings is 2. The highest BCUT2D eigenvalue weighted by Gasteiger charge is 2.22. The summed E-state index contributed by atoms with van der Waals surface area (Å²) in [4.78, 5) is 21.1. The van der Waals surface area contributed by atoms with Crippen molar-refractivity contribution in [3.63, 3.8) is 0 Å². The molecule has 3 aromatic rings. The maximum absolute atomic E-state index is 12.7. The summed E-state index contributed by atoms with van der Waals surface area (Å²) >= 11 is 0. The van der Waals surface area contributed by atoms with Gasteiger partial charge in [0.05, 0.1) is 0 Å². The van der Waals surface area contributed by atoms with Gasteiger partial charge in [-0.25, -0.2) is 4.98 Å². The molecule has 2 aromatic carbocycles. The van der Waals surface area contributed by atoms with Crippen LogP contribution in [-0.4, -0.2) is 48.6 Å². The van der Waals surface area contributed by atoms with E-state index in [1.807, 2.05) is 59.5 Å². The average Bonchev–Trinajstić information content (AvgIpc) is 2.80. The van der Waals surface area contributed by atoms with Crippen LogP contribution in [0.1, 0.15) is 11.1 Å². The van der Waals surface area contributed by atoms with Crippen LogP contribution in [-0.2, 0) is 11.2 Å². The summed E-state index contributed by atoms with van der Waals surface area (Å²) in [6.07, 6.45) is 2.58. The lowest BCUT2D eigenvalue weighted by atomic mass is 10.0. The Hall–Kier alpha value is -3.34. The number of anilines is 1. The lowest BCUT2D eigenvalue weighted by Crippen LogP contribution is -2.50. The monoisotopic (exact) mass is 387 g/mol. The molecule has 5 heteroatoms. The number of amides is 1. The Morgan fingerprint density at radius 2 is 1.59 bits per heavy atom. The summed E-state index contributed by atoms with van der Waals surface area (Å²) < 4.78 is 5.92. The molecule has 4 rings (SSSR count). The molecule has 0 aliphatic carbocycles. The zero-order chi connectivity index (χ0) is 19.9. The van der Waals surface area contributed by atoms with Gasteiger partial charge in [-0.15, -0.1) is 0 Å². The summed E-state index contributed by atoms with van der Waals surface area (Å²) in [5.74, 6) is 1.77. The number of pyridine rings is 1. The lowest BCUT2D eigenvalue weighted by molar-refractivity contribution is -0.133. The number of nitrogens with zero attached hydrogens (tertiary/aromatic N) is 3. The maximum Gasteiger partial charge on any atom is 0.260 e. The van der Waals surface area contributed by atoms with E-state index in [4.69, 9.17) is 4.74 Å². The van der Waals surface area contributed by atoms with Crippen LogP contribution in [0.2, 0.25) is 0 Å². The summed E-state index contributed by atoms with van der Waals surface area (Å²) in [6.45, 7) is 3.00. The highest BCUT2D eigenvalue weighted by Crippen LogP contribution is 2.21. The van der Waals surface area contributed by atoms with Crippen molar-refractivity contribution in [2.24, 2.45) is 0 Å². The Morgan fingerprint density at radius 3 is 2.34 bits per heavy atom. The van der Waals surface area contributed by atoms with Crippen LogP contribution in [0.5, 0.6) is 5.75 Å². The Bertz CT molecular complexity index is 923. The van der Waals surface area contributed by atoms with Crippen LogP contribution in [0, 0.1) is 0 Å². The third kappa shape index (κ3) is 4.93. The molecule has 0 N–H and O–H groups in total. The van der Waals surface area contributed by atoms with E-state index < -0.39 is 0 Å². The molecule has 0 spiro atoms. The van der Waals surface area contributed by atoms with Gasteiger partial charge < -0.3 is 14.5 Å². The minimum Gasteiger partial charge on any atom is -0.483 e. The zero-order valence-electron chi connectivity index (χ0n) is 16.4. The molecule has 1 aliphatic rings. The first-order valence-corrected chi connectivity index (χ1v) is 9.98. The van der Waals surface area contributed by atoms with Gasteiger partial charge in [-0.05, 0) is 29.3 Å². The van der Waals surface area contributed by atoms with Gasteiger partial charge in [0.15, 0.2) is 6.61 Å². The standard InChI is InChI=1S/C24H25N3O2/c28-24(27-16-14-26(15-17-27)23-12-6-7-13-25-23)19-29-22-11-5-4-10-21(22)18-20-8-2-1-3-9-20/h1-13H,14-19H2. The van der Waals surface area contributed by atoms with Crippen LogP contribution in [0.15, 0.2) is 79.0 Å². The van der Waals surface area contributed by atoms with Gasteiger partial charge >= 0.3 is 0 Å². The molecule has 1 aromatic heterocycles.